The van der Waals surface area contributed by atoms with Crippen molar-refractivity contribution in [2.45, 2.75) is 13.5 Å². The minimum Gasteiger partial charge on any atom is -0.381 e. The van der Waals surface area contributed by atoms with Gasteiger partial charge >= 0.3 is 0 Å². The summed E-state index contributed by atoms with van der Waals surface area (Å²) in [5.41, 5.74) is 4.70. The molecule has 5 nitrogen and oxygen atoms in total. The topological polar surface area (TPSA) is 53.2 Å². The number of benzene rings is 1. The Morgan fingerprint density at radius 3 is 2.65 bits per heavy atom. The van der Waals surface area contributed by atoms with E-state index in [1.165, 1.54) is 11.3 Å². The lowest BCUT2D eigenvalue weighted by Gasteiger charge is -2.28. The fraction of sp³-hybridized carbons (Fsp3) is 0.400. The highest BCUT2D eigenvalue weighted by Crippen LogP contribution is 2.19. The van der Waals surface area contributed by atoms with Crippen LogP contribution in [0.1, 0.15) is 11.3 Å². The summed E-state index contributed by atoms with van der Waals surface area (Å²) < 4.78 is 5.37. The third-order valence-electron chi connectivity index (χ3n) is 3.66. The summed E-state index contributed by atoms with van der Waals surface area (Å²) in [5.74, 6) is 0. The van der Waals surface area contributed by atoms with Gasteiger partial charge in [0.25, 0.3) is 0 Å². The van der Waals surface area contributed by atoms with Gasteiger partial charge in [-0.2, -0.15) is 5.10 Å². The Kier molecular flexibility index (Phi) is 3.87. The second-order valence-corrected chi connectivity index (χ2v) is 5.02. The fourth-order valence-corrected chi connectivity index (χ4v) is 2.36. The van der Waals surface area contributed by atoms with Crippen LogP contribution in [0, 0.1) is 6.92 Å². The van der Waals surface area contributed by atoms with Crippen molar-refractivity contribution in [3.05, 3.63) is 41.7 Å². The Morgan fingerprint density at radius 2 is 2.00 bits per heavy atom. The maximum absolute atomic E-state index is 5.37. The lowest BCUT2D eigenvalue weighted by molar-refractivity contribution is 0.122. The molecular formula is C15H20N4O. The molecule has 106 valence electrons. The Bertz CT molecular complexity index is 543. The van der Waals surface area contributed by atoms with Crippen LogP contribution in [0.25, 0.3) is 0 Å². The average Bonchev–Trinajstić information content (AvgIpc) is 2.92. The van der Waals surface area contributed by atoms with Crippen LogP contribution < -0.4 is 10.2 Å². The summed E-state index contributed by atoms with van der Waals surface area (Å²) in [7, 11) is 0. The molecule has 1 aromatic heterocycles. The standard InChI is InChI=1S/C15H20N4O/c1-12-13(11-17-18-12)10-16-14-2-4-15(5-3-14)19-6-8-20-9-7-19/h2-5,11,16H,6-10H2,1H3,(H,17,18). The van der Waals surface area contributed by atoms with Gasteiger partial charge in [-0.25, -0.2) is 0 Å². The Morgan fingerprint density at radius 1 is 1.25 bits per heavy atom. The smallest absolute Gasteiger partial charge is 0.0642 e. The molecule has 20 heavy (non-hydrogen) atoms. The summed E-state index contributed by atoms with van der Waals surface area (Å²) in [4.78, 5) is 2.35. The molecule has 0 aliphatic carbocycles. The molecule has 0 unspecified atom stereocenters. The molecule has 0 saturated carbocycles. The van der Waals surface area contributed by atoms with E-state index < -0.39 is 0 Å². The van der Waals surface area contributed by atoms with Gasteiger partial charge in [-0.15, -0.1) is 0 Å². The highest BCUT2D eigenvalue weighted by molar-refractivity contribution is 5.55. The number of aromatic nitrogens is 2. The molecule has 1 aliphatic rings. The maximum Gasteiger partial charge on any atom is 0.0642 e. The molecule has 5 heteroatoms. The van der Waals surface area contributed by atoms with E-state index in [0.29, 0.717) is 0 Å². The van der Waals surface area contributed by atoms with Gasteiger partial charge in [0.15, 0.2) is 0 Å². The monoisotopic (exact) mass is 272 g/mol. The Hall–Kier alpha value is -2.01. The van der Waals surface area contributed by atoms with Crippen LogP contribution in [0.3, 0.4) is 0 Å². The van der Waals surface area contributed by atoms with Crippen molar-refractivity contribution in [3.63, 3.8) is 0 Å². The second-order valence-electron chi connectivity index (χ2n) is 5.02. The molecule has 0 bridgehead atoms. The first-order valence-electron chi connectivity index (χ1n) is 6.98. The van der Waals surface area contributed by atoms with Crippen LogP contribution in [0.2, 0.25) is 0 Å². The average molecular weight is 272 g/mol. The minimum atomic E-state index is 0.791. The maximum atomic E-state index is 5.37. The molecule has 1 fully saturated rings. The van der Waals surface area contributed by atoms with E-state index in [1.807, 2.05) is 13.1 Å². The van der Waals surface area contributed by atoms with E-state index in [2.05, 4.69) is 44.7 Å². The zero-order valence-corrected chi connectivity index (χ0v) is 11.7. The van der Waals surface area contributed by atoms with E-state index in [9.17, 15) is 0 Å². The molecule has 1 saturated heterocycles. The molecule has 3 rings (SSSR count). The first-order valence-corrected chi connectivity index (χ1v) is 6.98. The molecule has 2 N–H and O–H groups in total. The zero-order chi connectivity index (χ0) is 13.8. The molecule has 0 amide bonds. The van der Waals surface area contributed by atoms with Crippen LogP contribution in [0.15, 0.2) is 30.5 Å². The van der Waals surface area contributed by atoms with Crippen molar-refractivity contribution in [3.8, 4) is 0 Å². The predicted octanol–water partition coefficient (Wildman–Crippen LogP) is 2.17. The van der Waals surface area contributed by atoms with E-state index >= 15 is 0 Å². The number of nitrogens with zero attached hydrogens (tertiary/aromatic N) is 2. The molecular weight excluding hydrogens is 252 g/mol. The van der Waals surface area contributed by atoms with E-state index in [-0.39, 0.29) is 0 Å². The van der Waals surface area contributed by atoms with Crippen molar-refractivity contribution in [2.75, 3.05) is 36.5 Å². The number of aromatic amines is 1. The van der Waals surface area contributed by atoms with Crippen LogP contribution in [-0.2, 0) is 11.3 Å². The Balaban J connectivity index is 1.59. The number of H-pyrrole nitrogens is 1. The number of hydrogen-bond donors (Lipinski definition) is 2. The van der Waals surface area contributed by atoms with Gasteiger partial charge < -0.3 is 15.0 Å². The summed E-state index contributed by atoms with van der Waals surface area (Å²) >= 11 is 0. The third kappa shape index (κ3) is 2.93. The quantitative estimate of drug-likeness (QED) is 0.895. The van der Waals surface area contributed by atoms with Gasteiger partial charge in [-0.1, -0.05) is 0 Å². The normalized spacial score (nSPS) is 15.3. The van der Waals surface area contributed by atoms with Crippen molar-refractivity contribution in [1.29, 1.82) is 0 Å². The predicted molar refractivity (Wildman–Crippen MR) is 80.1 cm³/mol. The summed E-state index contributed by atoms with van der Waals surface area (Å²) in [5, 5.41) is 10.4. The van der Waals surface area contributed by atoms with Gasteiger partial charge in [-0.05, 0) is 31.2 Å². The molecule has 0 atom stereocenters. The molecule has 2 heterocycles. The molecule has 0 spiro atoms. The number of nitrogens with one attached hydrogen (secondary N) is 2. The number of aryl methyl sites for hydroxylation is 1. The number of anilines is 2. The second kappa shape index (κ2) is 5.96. The van der Waals surface area contributed by atoms with Gasteiger partial charge in [0.05, 0.1) is 19.4 Å². The van der Waals surface area contributed by atoms with Crippen molar-refractivity contribution >= 4 is 11.4 Å². The fourth-order valence-electron chi connectivity index (χ4n) is 2.36. The van der Waals surface area contributed by atoms with E-state index in [1.54, 1.807) is 0 Å². The van der Waals surface area contributed by atoms with Gasteiger partial charge in [0, 0.05) is 42.3 Å². The number of morpholine rings is 1. The summed E-state index contributed by atoms with van der Waals surface area (Å²) in [6, 6.07) is 8.58. The summed E-state index contributed by atoms with van der Waals surface area (Å²) in [6.45, 7) is 6.41. The van der Waals surface area contributed by atoms with Gasteiger partial charge in [0.2, 0.25) is 0 Å². The molecule has 1 aromatic carbocycles. The Labute approximate surface area is 118 Å². The first kappa shape index (κ1) is 13.0. The van der Waals surface area contributed by atoms with Crippen molar-refractivity contribution in [1.82, 2.24) is 10.2 Å². The van der Waals surface area contributed by atoms with Gasteiger partial charge in [0.1, 0.15) is 0 Å². The SMILES string of the molecule is Cc1[nH]ncc1CNc1ccc(N2CCOCC2)cc1. The minimum absolute atomic E-state index is 0.791. The van der Waals surface area contributed by atoms with Crippen LogP contribution in [0.5, 0.6) is 0 Å². The van der Waals surface area contributed by atoms with Crippen LogP contribution in [-0.4, -0.2) is 36.5 Å². The highest BCUT2D eigenvalue weighted by Gasteiger charge is 2.10. The van der Waals surface area contributed by atoms with Crippen LogP contribution >= 0.6 is 0 Å². The molecule has 2 aromatic rings. The first-order chi connectivity index (χ1) is 9.83. The van der Waals surface area contributed by atoms with Crippen molar-refractivity contribution < 1.29 is 4.74 Å². The molecule has 0 radical (unpaired) electrons. The summed E-state index contributed by atoms with van der Waals surface area (Å²) in [6.07, 6.45) is 1.87. The number of hydrogen-bond acceptors (Lipinski definition) is 4. The largest absolute Gasteiger partial charge is 0.381 e. The zero-order valence-electron chi connectivity index (χ0n) is 11.7. The van der Waals surface area contributed by atoms with E-state index in [4.69, 9.17) is 4.74 Å². The number of ether oxygens (including phenoxy) is 1. The third-order valence-corrected chi connectivity index (χ3v) is 3.66. The van der Waals surface area contributed by atoms with E-state index in [0.717, 1.165) is 44.2 Å². The van der Waals surface area contributed by atoms with Crippen molar-refractivity contribution in [2.24, 2.45) is 0 Å². The van der Waals surface area contributed by atoms with Gasteiger partial charge in [-0.3, -0.25) is 5.10 Å². The molecule has 1 aliphatic heterocycles. The van der Waals surface area contributed by atoms with Crippen LogP contribution in [0.4, 0.5) is 11.4 Å². The highest BCUT2D eigenvalue weighted by atomic mass is 16.5. The lowest BCUT2D eigenvalue weighted by atomic mass is 10.2. The number of rotatable bonds is 4. The lowest BCUT2D eigenvalue weighted by Crippen LogP contribution is -2.36.